The minimum Gasteiger partial charge on any atom is -0.494 e. The normalized spacial score (nSPS) is 13.1. The van der Waals surface area contributed by atoms with Crippen molar-refractivity contribution in [3.63, 3.8) is 0 Å². The van der Waals surface area contributed by atoms with E-state index in [1.54, 1.807) is 12.1 Å². The van der Waals surface area contributed by atoms with E-state index in [2.05, 4.69) is 4.99 Å². The summed E-state index contributed by atoms with van der Waals surface area (Å²) < 4.78 is 0. The molecule has 1 aromatic rings. The van der Waals surface area contributed by atoms with Crippen molar-refractivity contribution < 1.29 is 9.90 Å². The third-order valence-electron chi connectivity index (χ3n) is 2.21. The summed E-state index contributed by atoms with van der Waals surface area (Å²) in [7, 11) is 0. The Balaban J connectivity index is 3.24. The van der Waals surface area contributed by atoms with Crippen molar-refractivity contribution in [3.05, 3.63) is 40.8 Å². The van der Waals surface area contributed by atoms with Crippen LogP contribution in [0.3, 0.4) is 0 Å². The van der Waals surface area contributed by atoms with E-state index in [1.165, 1.54) is 0 Å². The molecular formula is C12H16N4O2. The van der Waals surface area contributed by atoms with Gasteiger partial charge in [0.2, 0.25) is 0 Å². The Bertz CT molecular complexity index is 523. The molecular weight excluding hydrogens is 232 g/mol. The fourth-order valence-electron chi connectivity index (χ4n) is 1.59. The van der Waals surface area contributed by atoms with Gasteiger partial charge < -0.3 is 22.3 Å². The van der Waals surface area contributed by atoms with Crippen molar-refractivity contribution in [1.29, 1.82) is 0 Å². The number of primary amides is 1. The first kappa shape index (κ1) is 13.6. The molecule has 6 heteroatoms. The Labute approximate surface area is 105 Å². The van der Waals surface area contributed by atoms with Gasteiger partial charge in [-0.15, -0.1) is 0 Å². The van der Waals surface area contributed by atoms with Gasteiger partial charge in [-0.05, 0) is 37.1 Å². The van der Waals surface area contributed by atoms with Gasteiger partial charge in [0, 0.05) is 0 Å². The largest absolute Gasteiger partial charge is 0.494 e. The lowest BCUT2D eigenvalue weighted by molar-refractivity contribution is -0.114. The standard InChI is InChI=1S/C12H16N4O2/c1-6-3-7(2)5-8(4-6)16-10(13)9(11(14)17)12(15)18/h3-5,17H,14H2,1-2H3,(H2,13,16)(H2,15,18). The van der Waals surface area contributed by atoms with Gasteiger partial charge in [-0.2, -0.15) is 0 Å². The van der Waals surface area contributed by atoms with Crippen LogP contribution in [0.5, 0.6) is 0 Å². The van der Waals surface area contributed by atoms with Gasteiger partial charge in [0.05, 0.1) is 5.69 Å². The van der Waals surface area contributed by atoms with E-state index in [9.17, 15) is 4.79 Å². The molecule has 0 fully saturated rings. The molecule has 1 aromatic carbocycles. The molecule has 0 radical (unpaired) electrons. The van der Waals surface area contributed by atoms with Crippen LogP contribution in [-0.2, 0) is 4.79 Å². The first-order chi connectivity index (χ1) is 8.31. The summed E-state index contributed by atoms with van der Waals surface area (Å²) in [4.78, 5) is 15.1. The first-order valence-electron chi connectivity index (χ1n) is 5.22. The third-order valence-corrected chi connectivity index (χ3v) is 2.21. The van der Waals surface area contributed by atoms with E-state index in [-0.39, 0.29) is 11.4 Å². The van der Waals surface area contributed by atoms with Gasteiger partial charge in [-0.1, -0.05) is 6.07 Å². The van der Waals surface area contributed by atoms with Crippen LogP contribution in [0.2, 0.25) is 0 Å². The molecule has 96 valence electrons. The fourth-order valence-corrected chi connectivity index (χ4v) is 1.59. The zero-order valence-corrected chi connectivity index (χ0v) is 10.3. The summed E-state index contributed by atoms with van der Waals surface area (Å²) in [5, 5.41) is 9.14. The zero-order chi connectivity index (χ0) is 13.9. The number of carbonyl (C=O) groups is 1. The van der Waals surface area contributed by atoms with Gasteiger partial charge in [-0.25, -0.2) is 4.99 Å². The molecule has 0 bridgehead atoms. The summed E-state index contributed by atoms with van der Waals surface area (Å²) >= 11 is 0. The monoisotopic (exact) mass is 248 g/mol. The van der Waals surface area contributed by atoms with E-state index in [1.807, 2.05) is 19.9 Å². The molecule has 0 aliphatic heterocycles. The van der Waals surface area contributed by atoms with E-state index >= 15 is 0 Å². The van der Waals surface area contributed by atoms with Crippen molar-refractivity contribution in [2.45, 2.75) is 13.8 Å². The quantitative estimate of drug-likeness (QED) is 0.269. The number of amides is 1. The number of hydrogen-bond acceptors (Lipinski definition) is 4. The third kappa shape index (κ3) is 3.24. The van der Waals surface area contributed by atoms with Crippen LogP contribution in [0, 0.1) is 13.8 Å². The number of nitrogens with zero attached hydrogens (tertiary/aromatic N) is 1. The van der Waals surface area contributed by atoms with Gasteiger partial charge >= 0.3 is 0 Å². The second-order valence-corrected chi connectivity index (χ2v) is 3.97. The molecule has 1 rings (SSSR count). The molecule has 18 heavy (non-hydrogen) atoms. The number of aliphatic hydroxyl groups excluding tert-OH is 1. The Kier molecular flexibility index (Phi) is 3.93. The van der Waals surface area contributed by atoms with E-state index in [0.29, 0.717) is 5.69 Å². The van der Waals surface area contributed by atoms with E-state index in [4.69, 9.17) is 22.3 Å². The number of carbonyl (C=O) groups excluding carboxylic acids is 1. The molecule has 0 aliphatic carbocycles. The molecule has 0 saturated carbocycles. The maximum Gasteiger partial charge on any atom is 0.257 e. The van der Waals surface area contributed by atoms with Crippen LogP contribution in [0.1, 0.15) is 11.1 Å². The lowest BCUT2D eigenvalue weighted by Gasteiger charge is -2.05. The maximum atomic E-state index is 11.1. The highest BCUT2D eigenvalue weighted by Crippen LogP contribution is 2.17. The number of amidine groups is 1. The Morgan fingerprint density at radius 2 is 1.61 bits per heavy atom. The number of aliphatic hydroxyl groups is 1. The highest BCUT2D eigenvalue weighted by molar-refractivity contribution is 6.20. The van der Waals surface area contributed by atoms with Gasteiger partial charge in [0.25, 0.3) is 5.91 Å². The Morgan fingerprint density at radius 3 is 2.00 bits per heavy atom. The summed E-state index contributed by atoms with van der Waals surface area (Å²) in [5.41, 5.74) is 18.0. The summed E-state index contributed by atoms with van der Waals surface area (Å²) in [6.07, 6.45) is 0. The molecule has 1 amide bonds. The van der Waals surface area contributed by atoms with Gasteiger partial charge in [0.15, 0.2) is 5.88 Å². The van der Waals surface area contributed by atoms with Crippen LogP contribution in [0.15, 0.2) is 34.6 Å². The van der Waals surface area contributed by atoms with Crippen molar-refractivity contribution in [1.82, 2.24) is 0 Å². The van der Waals surface area contributed by atoms with Crippen molar-refractivity contribution in [2.75, 3.05) is 0 Å². The number of aliphatic imine (C=N–C) groups is 1. The summed E-state index contributed by atoms with van der Waals surface area (Å²) in [5.74, 6) is -1.89. The number of aryl methyl sites for hydroxylation is 2. The highest BCUT2D eigenvalue weighted by atomic mass is 16.3. The smallest absolute Gasteiger partial charge is 0.257 e. The SMILES string of the molecule is Cc1cc(C)cc(N=C(N)C(C(N)=O)=C(N)O)c1. The zero-order valence-electron chi connectivity index (χ0n) is 10.3. The molecule has 0 heterocycles. The predicted octanol–water partition coefficient (Wildman–Crippen LogP) is 0.506. The van der Waals surface area contributed by atoms with Crippen LogP contribution >= 0.6 is 0 Å². The average Bonchev–Trinajstić information content (AvgIpc) is 2.13. The summed E-state index contributed by atoms with van der Waals surface area (Å²) in [6.45, 7) is 3.82. The molecule has 0 unspecified atom stereocenters. The minimum atomic E-state index is -0.930. The van der Waals surface area contributed by atoms with Crippen molar-refractivity contribution in [3.8, 4) is 0 Å². The molecule has 6 nitrogen and oxygen atoms in total. The molecule has 0 aromatic heterocycles. The van der Waals surface area contributed by atoms with Crippen LogP contribution in [0.25, 0.3) is 0 Å². The Morgan fingerprint density at radius 1 is 1.11 bits per heavy atom. The molecule has 7 N–H and O–H groups in total. The first-order valence-corrected chi connectivity index (χ1v) is 5.22. The number of nitrogens with two attached hydrogens (primary N) is 3. The number of benzene rings is 1. The fraction of sp³-hybridized carbons (Fsp3) is 0.167. The lowest BCUT2D eigenvalue weighted by atomic mass is 10.1. The predicted molar refractivity (Wildman–Crippen MR) is 70.2 cm³/mol. The molecule has 0 aliphatic rings. The average molecular weight is 248 g/mol. The highest BCUT2D eigenvalue weighted by Gasteiger charge is 2.15. The van der Waals surface area contributed by atoms with Crippen LogP contribution < -0.4 is 17.2 Å². The molecule has 0 atom stereocenters. The van der Waals surface area contributed by atoms with E-state index in [0.717, 1.165) is 11.1 Å². The topological polar surface area (TPSA) is 128 Å². The number of hydrogen-bond donors (Lipinski definition) is 4. The lowest BCUT2D eigenvalue weighted by Crippen LogP contribution is -2.29. The summed E-state index contributed by atoms with van der Waals surface area (Å²) in [6, 6.07) is 5.54. The van der Waals surface area contributed by atoms with Gasteiger partial charge in [0.1, 0.15) is 11.4 Å². The second-order valence-electron chi connectivity index (χ2n) is 3.97. The van der Waals surface area contributed by atoms with Crippen molar-refractivity contribution in [2.24, 2.45) is 22.2 Å². The Hall–Kier alpha value is -2.50. The van der Waals surface area contributed by atoms with Crippen LogP contribution in [0.4, 0.5) is 5.69 Å². The van der Waals surface area contributed by atoms with Crippen LogP contribution in [-0.4, -0.2) is 16.8 Å². The number of rotatable bonds is 3. The molecule has 0 saturated heterocycles. The van der Waals surface area contributed by atoms with E-state index < -0.39 is 11.8 Å². The molecule has 0 spiro atoms. The van der Waals surface area contributed by atoms with Gasteiger partial charge in [-0.3, -0.25) is 4.79 Å². The second kappa shape index (κ2) is 5.22. The van der Waals surface area contributed by atoms with Crippen molar-refractivity contribution >= 4 is 17.4 Å². The minimum absolute atomic E-state index is 0.215. The maximum absolute atomic E-state index is 11.1.